The summed E-state index contributed by atoms with van der Waals surface area (Å²) >= 11 is 6.17. The molecule has 2 aromatic carbocycles. The fraction of sp³-hybridized carbons (Fsp3) is 0.440. The summed E-state index contributed by atoms with van der Waals surface area (Å²) in [4.78, 5) is 23.2. The number of hydrogen-bond acceptors (Lipinski definition) is 3. The molecule has 0 spiro atoms. The average molecular weight is 446 g/mol. The molecule has 31 heavy (non-hydrogen) atoms. The predicted molar refractivity (Wildman–Crippen MR) is 124 cm³/mol. The second-order valence-electron chi connectivity index (χ2n) is 8.77. The summed E-state index contributed by atoms with van der Waals surface area (Å²) in [6.07, 6.45) is 1.45. The monoisotopic (exact) mass is 445 g/mol. The van der Waals surface area contributed by atoms with E-state index in [0.29, 0.717) is 6.42 Å². The number of carboxylic acids is 2. The molecule has 3 atom stereocenters. The smallest absolute Gasteiger partial charge is 0.321 e. The van der Waals surface area contributed by atoms with E-state index in [1.165, 1.54) is 5.56 Å². The topological polar surface area (TPSA) is 86.6 Å². The van der Waals surface area contributed by atoms with Gasteiger partial charge in [-0.1, -0.05) is 62.7 Å². The highest BCUT2D eigenvalue weighted by atomic mass is 35.5. The molecule has 0 saturated heterocycles. The van der Waals surface area contributed by atoms with Crippen LogP contribution in [0.5, 0.6) is 0 Å². The molecule has 0 amide bonds. The van der Waals surface area contributed by atoms with Gasteiger partial charge < -0.3 is 10.2 Å². The molecule has 0 aliphatic rings. The van der Waals surface area contributed by atoms with Crippen molar-refractivity contribution in [3.8, 4) is 0 Å². The second kappa shape index (κ2) is 11.3. The number of carboxylic acid groups (broad SMARTS) is 2. The molecular weight excluding hydrogens is 414 g/mol. The van der Waals surface area contributed by atoms with Gasteiger partial charge in [-0.3, -0.25) is 14.9 Å². The number of benzene rings is 2. The van der Waals surface area contributed by atoms with Crippen LogP contribution < -0.4 is 5.32 Å². The van der Waals surface area contributed by atoms with Crippen molar-refractivity contribution in [2.75, 3.05) is 0 Å². The maximum absolute atomic E-state index is 11.7. The lowest BCUT2D eigenvalue weighted by molar-refractivity contribution is -0.142. The van der Waals surface area contributed by atoms with Gasteiger partial charge in [0.1, 0.15) is 12.1 Å². The van der Waals surface area contributed by atoms with Crippen LogP contribution in [0, 0.1) is 12.8 Å². The minimum absolute atomic E-state index is 0.145. The molecule has 5 nitrogen and oxygen atoms in total. The molecule has 3 N–H and O–H groups in total. The third-order valence-corrected chi connectivity index (χ3v) is 5.56. The van der Waals surface area contributed by atoms with E-state index < -0.39 is 24.0 Å². The molecular formula is C25H32ClNO4. The lowest BCUT2D eigenvalue weighted by Crippen LogP contribution is -2.48. The highest BCUT2D eigenvalue weighted by Crippen LogP contribution is 2.24. The van der Waals surface area contributed by atoms with Crippen LogP contribution in [0.15, 0.2) is 42.5 Å². The quantitative estimate of drug-likeness (QED) is 0.449. The molecule has 168 valence electrons. The molecule has 2 aromatic rings. The van der Waals surface area contributed by atoms with Crippen molar-refractivity contribution in [1.29, 1.82) is 0 Å². The van der Waals surface area contributed by atoms with Crippen molar-refractivity contribution < 1.29 is 19.8 Å². The van der Waals surface area contributed by atoms with Crippen LogP contribution in [-0.4, -0.2) is 34.2 Å². The zero-order valence-electron chi connectivity index (χ0n) is 18.6. The SMILES string of the molecule is Cc1cc(Cl)cc(CC(C)c2ccc(C[C@H](N[C@@H](CC(C)C)C(=O)O)C(=O)O)cc2)c1. The summed E-state index contributed by atoms with van der Waals surface area (Å²) in [6, 6.07) is 12.1. The molecule has 1 unspecified atom stereocenters. The first-order chi connectivity index (χ1) is 14.5. The van der Waals surface area contributed by atoms with Gasteiger partial charge in [-0.15, -0.1) is 0 Å². The second-order valence-corrected chi connectivity index (χ2v) is 9.20. The van der Waals surface area contributed by atoms with Crippen LogP contribution >= 0.6 is 11.6 Å². The van der Waals surface area contributed by atoms with E-state index in [1.54, 1.807) is 0 Å². The van der Waals surface area contributed by atoms with Gasteiger partial charge in [0, 0.05) is 5.02 Å². The number of hydrogen-bond donors (Lipinski definition) is 3. The van der Waals surface area contributed by atoms with Crippen LogP contribution in [0.1, 0.15) is 55.4 Å². The lowest BCUT2D eigenvalue weighted by Gasteiger charge is -2.22. The first kappa shape index (κ1) is 24.9. The number of nitrogens with one attached hydrogen (secondary N) is 1. The molecule has 0 radical (unpaired) electrons. The third kappa shape index (κ3) is 8.00. The first-order valence-electron chi connectivity index (χ1n) is 10.6. The van der Waals surface area contributed by atoms with E-state index in [2.05, 4.69) is 18.3 Å². The molecule has 2 rings (SSSR count). The van der Waals surface area contributed by atoms with E-state index >= 15 is 0 Å². The maximum Gasteiger partial charge on any atom is 0.321 e. The standard InChI is InChI=1S/C25H32ClNO4/c1-15(2)9-22(24(28)29)27-23(25(30)31)14-18-5-7-20(8-6-18)17(4)12-19-10-16(3)11-21(26)13-19/h5-8,10-11,13,15,17,22-23,27H,9,12,14H2,1-4H3,(H,28,29)(H,30,31)/t17?,22-,23-/m0/s1. The number of rotatable bonds is 11. The predicted octanol–water partition coefficient (Wildman–Crippen LogP) is 5.08. The van der Waals surface area contributed by atoms with Crippen molar-refractivity contribution in [3.05, 3.63) is 69.7 Å². The molecule has 0 saturated carbocycles. The van der Waals surface area contributed by atoms with Crippen LogP contribution in [0.2, 0.25) is 5.02 Å². The molecule has 0 aliphatic heterocycles. The van der Waals surface area contributed by atoms with Crippen LogP contribution in [0.4, 0.5) is 0 Å². The summed E-state index contributed by atoms with van der Waals surface area (Å²) < 4.78 is 0. The number of halogens is 1. The summed E-state index contributed by atoms with van der Waals surface area (Å²) in [7, 11) is 0. The molecule has 6 heteroatoms. The Balaban J connectivity index is 2.06. The van der Waals surface area contributed by atoms with Crippen molar-refractivity contribution in [1.82, 2.24) is 5.32 Å². The zero-order valence-corrected chi connectivity index (χ0v) is 19.3. The molecule has 0 bridgehead atoms. The summed E-state index contributed by atoms with van der Waals surface area (Å²) in [5.74, 6) is -1.65. The van der Waals surface area contributed by atoms with Gasteiger partial charge in [-0.05, 0) is 72.4 Å². The minimum Gasteiger partial charge on any atom is -0.480 e. The van der Waals surface area contributed by atoms with Crippen LogP contribution in [0.25, 0.3) is 0 Å². The van der Waals surface area contributed by atoms with Gasteiger partial charge in [0.2, 0.25) is 0 Å². The molecule has 0 heterocycles. The number of aliphatic carboxylic acids is 2. The van der Waals surface area contributed by atoms with E-state index in [1.807, 2.05) is 57.2 Å². The van der Waals surface area contributed by atoms with Gasteiger partial charge >= 0.3 is 11.9 Å². The van der Waals surface area contributed by atoms with Gasteiger partial charge in [0.25, 0.3) is 0 Å². The van der Waals surface area contributed by atoms with Gasteiger partial charge in [-0.2, -0.15) is 0 Å². The van der Waals surface area contributed by atoms with Gasteiger partial charge in [-0.25, -0.2) is 0 Å². The normalized spacial score (nSPS) is 14.3. The Morgan fingerprint density at radius 3 is 2.03 bits per heavy atom. The largest absolute Gasteiger partial charge is 0.480 e. The van der Waals surface area contributed by atoms with E-state index in [-0.39, 0.29) is 18.3 Å². The lowest BCUT2D eigenvalue weighted by atomic mass is 9.92. The van der Waals surface area contributed by atoms with E-state index in [9.17, 15) is 19.8 Å². The zero-order chi connectivity index (χ0) is 23.1. The van der Waals surface area contributed by atoms with Crippen molar-refractivity contribution in [3.63, 3.8) is 0 Å². The Bertz CT molecular complexity index is 875. The Hall–Kier alpha value is -2.37. The van der Waals surface area contributed by atoms with E-state index in [4.69, 9.17) is 11.6 Å². The van der Waals surface area contributed by atoms with Gasteiger partial charge in [0.15, 0.2) is 0 Å². The number of aryl methyl sites for hydroxylation is 1. The summed E-state index contributed by atoms with van der Waals surface area (Å²) in [5, 5.41) is 22.5. The van der Waals surface area contributed by atoms with Crippen molar-refractivity contribution in [2.45, 2.75) is 65.0 Å². The number of carbonyl (C=O) groups is 2. The molecule has 0 fully saturated rings. The summed E-state index contributed by atoms with van der Waals surface area (Å²) in [6.45, 7) is 8.00. The molecule has 0 aromatic heterocycles. The fourth-order valence-corrected chi connectivity index (χ4v) is 4.10. The Morgan fingerprint density at radius 2 is 1.52 bits per heavy atom. The summed E-state index contributed by atoms with van der Waals surface area (Å²) in [5.41, 5.74) is 4.32. The third-order valence-electron chi connectivity index (χ3n) is 5.34. The van der Waals surface area contributed by atoms with Crippen molar-refractivity contribution >= 4 is 23.5 Å². The highest BCUT2D eigenvalue weighted by Gasteiger charge is 2.26. The Labute approximate surface area is 189 Å². The Morgan fingerprint density at radius 1 is 0.903 bits per heavy atom. The minimum atomic E-state index is -1.05. The van der Waals surface area contributed by atoms with Crippen LogP contribution in [-0.2, 0) is 22.4 Å². The highest BCUT2D eigenvalue weighted by molar-refractivity contribution is 6.30. The fourth-order valence-electron chi connectivity index (χ4n) is 3.79. The van der Waals surface area contributed by atoms with Crippen molar-refractivity contribution in [2.24, 2.45) is 5.92 Å². The van der Waals surface area contributed by atoms with E-state index in [0.717, 1.165) is 28.1 Å². The maximum atomic E-state index is 11.7. The Kier molecular flexibility index (Phi) is 9.08. The molecule has 0 aliphatic carbocycles. The first-order valence-corrected chi connectivity index (χ1v) is 11.0. The average Bonchev–Trinajstić information content (AvgIpc) is 2.65. The van der Waals surface area contributed by atoms with Crippen LogP contribution in [0.3, 0.4) is 0 Å². The van der Waals surface area contributed by atoms with Gasteiger partial charge in [0.05, 0.1) is 0 Å².